The fraction of sp³-hybridized carbons (Fsp3) is 0.455. The number of rotatable bonds is 3. The minimum absolute atomic E-state index is 0.0170. The maximum absolute atomic E-state index is 12.5. The number of piperidine rings is 1. The van der Waals surface area contributed by atoms with Gasteiger partial charge in [-0.3, -0.25) is 0 Å². The molecule has 0 aromatic heterocycles. The number of ether oxygens (including phenoxy) is 3. The van der Waals surface area contributed by atoms with Crippen LogP contribution in [0.5, 0.6) is 5.75 Å². The van der Waals surface area contributed by atoms with Gasteiger partial charge in [0.25, 0.3) is 0 Å². The lowest BCUT2D eigenvalue weighted by atomic mass is 9.52. The van der Waals surface area contributed by atoms with Gasteiger partial charge in [-0.2, -0.15) is 0 Å². The van der Waals surface area contributed by atoms with Crippen LogP contribution in [0.25, 0.3) is 0 Å². The first-order valence-electron chi connectivity index (χ1n) is 9.80. The van der Waals surface area contributed by atoms with Crippen molar-refractivity contribution >= 4 is 12.2 Å². The third-order valence-corrected chi connectivity index (χ3v) is 6.61. The molecule has 0 radical (unpaired) electrons. The number of hydrogen-bond donors (Lipinski definition) is 0. The Morgan fingerprint density at radius 2 is 1.96 bits per heavy atom. The van der Waals surface area contributed by atoms with Crippen LogP contribution in [-0.2, 0) is 21.3 Å². The second-order valence-electron chi connectivity index (χ2n) is 7.73. The standard InChI is InChI=1S/C22H25NO5/c1-3-26-20(24)23-12-11-22-10-6-5-7-17(22)19(23)13-15-8-9-16(14-18(15)22)28-21(25)27-4-2/h3-4,8-9,14,17,19H,1-2,5-7,10-13H2/t17?,19-,22-/m1/s1. The molecule has 1 heterocycles. The molecule has 6 heteroatoms. The molecule has 4 rings (SSSR count). The zero-order chi connectivity index (χ0) is 19.7. The van der Waals surface area contributed by atoms with Crippen molar-refractivity contribution in [2.45, 2.75) is 50.0 Å². The number of hydrogen-bond acceptors (Lipinski definition) is 5. The summed E-state index contributed by atoms with van der Waals surface area (Å²) < 4.78 is 15.1. The van der Waals surface area contributed by atoms with Crippen molar-refractivity contribution < 1.29 is 23.8 Å². The summed E-state index contributed by atoms with van der Waals surface area (Å²) in [4.78, 5) is 26.0. The molecule has 3 atom stereocenters. The van der Waals surface area contributed by atoms with Crippen LogP contribution in [0, 0.1) is 5.92 Å². The largest absolute Gasteiger partial charge is 0.518 e. The van der Waals surface area contributed by atoms with E-state index in [1.54, 1.807) is 6.07 Å². The molecule has 148 valence electrons. The fourth-order valence-corrected chi connectivity index (χ4v) is 5.60. The van der Waals surface area contributed by atoms with E-state index in [4.69, 9.17) is 9.47 Å². The molecule has 6 nitrogen and oxygen atoms in total. The summed E-state index contributed by atoms with van der Waals surface area (Å²) in [6.45, 7) is 7.54. The van der Waals surface area contributed by atoms with E-state index in [1.165, 1.54) is 30.2 Å². The van der Waals surface area contributed by atoms with Crippen LogP contribution in [0.3, 0.4) is 0 Å². The van der Waals surface area contributed by atoms with Crippen molar-refractivity contribution in [1.82, 2.24) is 4.90 Å². The molecule has 1 unspecified atom stereocenters. The first-order valence-corrected chi connectivity index (χ1v) is 9.80. The Balaban J connectivity index is 1.70. The lowest BCUT2D eigenvalue weighted by molar-refractivity contribution is -0.00429. The lowest BCUT2D eigenvalue weighted by Crippen LogP contribution is -2.62. The van der Waals surface area contributed by atoms with Crippen LogP contribution < -0.4 is 4.74 Å². The molecule has 1 saturated heterocycles. The molecule has 1 aromatic carbocycles. The second kappa shape index (κ2) is 7.34. The van der Waals surface area contributed by atoms with Gasteiger partial charge in [-0.25, -0.2) is 9.59 Å². The van der Waals surface area contributed by atoms with Crippen LogP contribution in [0.1, 0.15) is 43.2 Å². The van der Waals surface area contributed by atoms with E-state index in [-0.39, 0.29) is 17.6 Å². The summed E-state index contributed by atoms with van der Waals surface area (Å²) >= 11 is 0. The average Bonchev–Trinajstić information content (AvgIpc) is 2.69. The number of carbonyl (C=O) groups is 2. The van der Waals surface area contributed by atoms with Crippen LogP contribution in [0.2, 0.25) is 0 Å². The van der Waals surface area contributed by atoms with Gasteiger partial charge in [0, 0.05) is 18.0 Å². The quantitative estimate of drug-likeness (QED) is 0.431. The summed E-state index contributed by atoms with van der Waals surface area (Å²) in [7, 11) is 0. The van der Waals surface area contributed by atoms with Gasteiger partial charge in [-0.15, -0.1) is 0 Å². The highest BCUT2D eigenvalue weighted by atomic mass is 16.7. The lowest BCUT2D eigenvalue weighted by Gasteiger charge is -2.58. The summed E-state index contributed by atoms with van der Waals surface area (Å²) in [5.74, 6) is 0.867. The average molecular weight is 383 g/mol. The Labute approximate surface area is 164 Å². The molecular weight excluding hydrogens is 358 g/mol. The van der Waals surface area contributed by atoms with Gasteiger partial charge in [-0.1, -0.05) is 32.1 Å². The second-order valence-corrected chi connectivity index (χ2v) is 7.73. The van der Waals surface area contributed by atoms with Crippen LogP contribution in [-0.4, -0.2) is 29.7 Å². The monoisotopic (exact) mass is 383 g/mol. The molecular formula is C22H25NO5. The first kappa shape index (κ1) is 18.6. The van der Waals surface area contributed by atoms with Gasteiger partial charge in [-0.05, 0) is 54.9 Å². The Bertz CT molecular complexity index is 819. The van der Waals surface area contributed by atoms with Crippen molar-refractivity contribution in [3.8, 4) is 5.75 Å². The minimum Gasteiger partial charge on any atom is -0.419 e. The number of fused-ring (bicyclic) bond motifs is 1. The van der Waals surface area contributed by atoms with E-state index in [0.29, 0.717) is 18.2 Å². The first-order chi connectivity index (χ1) is 13.6. The zero-order valence-electron chi connectivity index (χ0n) is 15.9. The predicted octanol–water partition coefficient (Wildman–Crippen LogP) is 4.68. The number of carbonyl (C=O) groups excluding carboxylic acids is 2. The van der Waals surface area contributed by atoms with Gasteiger partial charge < -0.3 is 19.1 Å². The molecule has 0 spiro atoms. The summed E-state index contributed by atoms with van der Waals surface area (Å²) in [5.41, 5.74) is 2.49. The molecule has 2 aliphatic carbocycles. The number of amides is 1. The summed E-state index contributed by atoms with van der Waals surface area (Å²) in [6.07, 6.45) is 7.34. The molecule has 3 aliphatic rings. The van der Waals surface area contributed by atoms with E-state index in [9.17, 15) is 9.59 Å². The molecule has 2 fully saturated rings. The van der Waals surface area contributed by atoms with Gasteiger partial charge in [0.15, 0.2) is 0 Å². The van der Waals surface area contributed by atoms with Crippen LogP contribution in [0.15, 0.2) is 43.9 Å². The Hall–Kier alpha value is -2.76. The minimum atomic E-state index is -0.789. The van der Waals surface area contributed by atoms with Gasteiger partial charge in [0.05, 0.1) is 12.5 Å². The van der Waals surface area contributed by atoms with E-state index >= 15 is 0 Å². The third kappa shape index (κ3) is 2.97. The van der Waals surface area contributed by atoms with E-state index in [2.05, 4.69) is 17.9 Å². The highest BCUT2D eigenvalue weighted by Gasteiger charge is 2.55. The molecule has 0 N–H and O–H groups in total. The van der Waals surface area contributed by atoms with E-state index in [1.807, 2.05) is 17.0 Å². The molecule has 1 amide bonds. The maximum Gasteiger partial charge on any atom is 0.518 e. The highest BCUT2D eigenvalue weighted by molar-refractivity contribution is 5.70. The van der Waals surface area contributed by atoms with Gasteiger partial charge in [0.1, 0.15) is 5.75 Å². The smallest absolute Gasteiger partial charge is 0.419 e. The molecule has 1 saturated carbocycles. The van der Waals surface area contributed by atoms with E-state index < -0.39 is 6.16 Å². The summed E-state index contributed by atoms with van der Waals surface area (Å²) in [5, 5.41) is 0. The maximum atomic E-state index is 12.5. The number of benzene rings is 1. The molecule has 2 bridgehead atoms. The number of nitrogens with zero attached hydrogens (tertiary/aromatic N) is 1. The number of likely N-dealkylation sites (tertiary alicyclic amines) is 1. The SMILES string of the molecule is C=COC(=O)Oc1ccc2c(c1)[C@@]13CCCCC1[C@@H](C2)N(C(=O)OC=C)CC3. The van der Waals surface area contributed by atoms with Crippen molar-refractivity contribution in [1.29, 1.82) is 0 Å². The zero-order valence-corrected chi connectivity index (χ0v) is 15.9. The third-order valence-electron chi connectivity index (χ3n) is 6.61. The highest BCUT2D eigenvalue weighted by Crippen LogP contribution is 2.56. The van der Waals surface area contributed by atoms with Crippen molar-refractivity contribution in [2.75, 3.05) is 6.54 Å². The summed E-state index contributed by atoms with van der Waals surface area (Å²) in [6, 6.07) is 5.91. The Morgan fingerprint density at radius 1 is 1.14 bits per heavy atom. The Kier molecular flexibility index (Phi) is 4.87. The van der Waals surface area contributed by atoms with Gasteiger partial charge >= 0.3 is 12.2 Å². The van der Waals surface area contributed by atoms with Gasteiger partial charge in [0.2, 0.25) is 0 Å². The predicted molar refractivity (Wildman–Crippen MR) is 103 cm³/mol. The van der Waals surface area contributed by atoms with Crippen LogP contribution in [0.4, 0.5) is 9.59 Å². The normalized spacial score (nSPS) is 27.6. The van der Waals surface area contributed by atoms with E-state index in [0.717, 1.165) is 31.9 Å². The Morgan fingerprint density at radius 3 is 2.75 bits per heavy atom. The fourth-order valence-electron chi connectivity index (χ4n) is 5.60. The molecule has 28 heavy (non-hydrogen) atoms. The molecule has 1 aliphatic heterocycles. The van der Waals surface area contributed by atoms with Crippen molar-refractivity contribution in [2.24, 2.45) is 5.92 Å². The molecule has 1 aromatic rings. The van der Waals surface area contributed by atoms with Crippen molar-refractivity contribution in [3.05, 3.63) is 55.0 Å². The van der Waals surface area contributed by atoms with Crippen molar-refractivity contribution in [3.63, 3.8) is 0 Å². The van der Waals surface area contributed by atoms with Crippen LogP contribution >= 0.6 is 0 Å². The topological polar surface area (TPSA) is 65.1 Å².